The zero-order valence-electron chi connectivity index (χ0n) is 12.5. The van der Waals surface area contributed by atoms with Gasteiger partial charge in [-0.15, -0.1) is 0 Å². The number of nitrogens with zero attached hydrogens (tertiary/aromatic N) is 2. The fourth-order valence-electron chi connectivity index (χ4n) is 2.28. The second-order valence-corrected chi connectivity index (χ2v) is 5.18. The molecular formula is C15H26FN3. The van der Waals surface area contributed by atoms with E-state index in [2.05, 4.69) is 43.1 Å². The van der Waals surface area contributed by atoms with Crippen molar-refractivity contribution < 1.29 is 4.39 Å². The Kier molecular flexibility index (Phi) is 6.81. The van der Waals surface area contributed by atoms with Crippen LogP contribution in [0.5, 0.6) is 0 Å². The van der Waals surface area contributed by atoms with Gasteiger partial charge in [0, 0.05) is 31.4 Å². The molecule has 0 spiro atoms. The lowest BCUT2D eigenvalue weighted by molar-refractivity contribution is 0.188. The van der Waals surface area contributed by atoms with Crippen LogP contribution in [0.2, 0.25) is 0 Å². The highest BCUT2D eigenvalue weighted by Crippen LogP contribution is 2.08. The van der Waals surface area contributed by atoms with Gasteiger partial charge in [-0.2, -0.15) is 0 Å². The van der Waals surface area contributed by atoms with Gasteiger partial charge < -0.3 is 10.2 Å². The lowest BCUT2D eigenvalue weighted by atomic mass is 10.2. The van der Waals surface area contributed by atoms with E-state index in [1.54, 1.807) is 6.07 Å². The molecule has 0 aliphatic carbocycles. The Labute approximate surface area is 116 Å². The maximum Gasteiger partial charge on any atom is 0.125 e. The Morgan fingerprint density at radius 3 is 2.63 bits per heavy atom. The highest BCUT2D eigenvalue weighted by Gasteiger charge is 2.12. The molecule has 108 valence electrons. The monoisotopic (exact) mass is 267 g/mol. The molecule has 1 unspecified atom stereocenters. The smallest absolute Gasteiger partial charge is 0.125 e. The summed E-state index contributed by atoms with van der Waals surface area (Å²) in [5.74, 6) is -0.196. The number of hydrogen-bond acceptors (Lipinski definition) is 3. The summed E-state index contributed by atoms with van der Waals surface area (Å²) in [5, 5.41) is 3.26. The van der Waals surface area contributed by atoms with Crippen molar-refractivity contribution in [2.24, 2.45) is 0 Å². The fourth-order valence-corrected chi connectivity index (χ4v) is 2.28. The molecule has 1 rings (SSSR count). The zero-order valence-corrected chi connectivity index (χ0v) is 12.5. The van der Waals surface area contributed by atoms with Crippen LogP contribution in [0.25, 0.3) is 0 Å². The van der Waals surface area contributed by atoms with Crippen LogP contribution in [-0.2, 0) is 0 Å². The van der Waals surface area contributed by atoms with E-state index in [1.807, 2.05) is 6.07 Å². The predicted octanol–water partition coefficient (Wildman–Crippen LogP) is 2.51. The number of halogens is 1. The van der Waals surface area contributed by atoms with Gasteiger partial charge in [0.2, 0.25) is 0 Å². The van der Waals surface area contributed by atoms with E-state index in [1.165, 1.54) is 12.1 Å². The average molecular weight is 267 g/mol. The zero-order chi connectivity index (χ0) is 14.3. The molecule has 1 N–H and O–H groups in total. The highest BCUT2D eigenvalue weighted by atomic mass is 19.1. The first-order valence-electron chi connectivity index (χ1n) is 6.91. The number of anilines is 1. The predicted molar refractivity (Wildman–Crippen MR) is 80.2 cm³/mol. The van der Waals surface area contributed by atoms with Gasteiger partial charge in [-0.25, -0.2) is 4.39 Å². The van der Waals surface area contributed by atoms with Crippen LogP contribution in [0, 0.1) is 5.82 Å². The minimum atomic E-state index is -0.196. The van der Waals surface area contributed by atoms with Crippen molar-refractivity contribution in [1.82, 2.24) is 9.80 Å². The van der Waals surface area contributed by atoms with Crippen molar-refractivity contribution in [2.45, 2.75) is 19.9 Å². The topological polar surface area (TPSA) is 18.5 Å². The maximum atomic E-state index is 13.0. The Hall–Kier alpha value is -1.13. The number of likely N-dealkylation sites (N-methyl/N-ethyl adjacent to an activating group) is 2. The lowest BCUT2D eigenvalue weighted by Crippen LogP contribution is -2.42. The summed E-state index contributed by atoms with van der Waals surface area (Å²) >= 11 is 0. The van der Waals surface area contributed by atoms with E-state index in [-0.39, 0.29) is 5.82 Å². The van der Waals surface area contributed by atoms with Crippen LogP contribution in [0.1, 0.15) is 13.8 Å². The Bertz CT molecular complexity index is 368. The molecule has 0 aliphatic heterocycles. The van der Waals surface area contributed by atoms with Gasteiger partial charge in [-0.05, 0) is 45.8 Å². The quantitative estimate of drug-likeness (QED) is 0.781. The molecule has 0 aliphatic rings. The van der Waals surface area contributed by atoms with Crippen LogP contribution in [0.4, 0.5) is 10.1 Å². The molecule has 1 aromatic carbocycles. The van der Waals surface area contributed by atoms with E-state index >= 15 is 0 Å². The van der Waals surface area contributed by atoms with Gasteiger partial charge in [-0.1, -0.05) is 13.0 Å². The van der Waals surface area contributed by atoms with Crippen molar-refractivity contribution in [2.75, 3.05) is 45.6 Å². The van der Waals surface area contributed by atoms with E-state index in [0.29, 0.717) is 6.04 Å². The van der Waals surface area contributed by atoms with Crippen molar-refractivity contribution in [3.8, 4) is 0 Å². The summed E-state index contributed by atoms with van der Waals surface area (Å²) < 4.78 is 13.0. The molecule has 0 saturated heterocycles. The molecule has 0 saturated carbocycles. The van der Waals surface area contributed by atoms with Crippen LogP contribution >= 0.6 is 0 Å². The van der Waals surface area contributed by atoms with E-state index < -0.39 is 0 Å². The Morgan fingerprint density at radius 2 is 2.05 bits per heavy atom. The van der Waals surface area contributed by atoms with Gasteiger partial charge in [0.15, 0.2) is 0 Å². The molecule has 0 amide bonds. The van der Waals surface area contributed by atoms with Crippen molar-refractivity contribution in [1.29, 1.82) is 0 Å². The molecule has 0 fully saturated rings. The third-order valence-corrected chi connectivity index (χ3v) is 3.21. The summed E-state index contributed by atoms with van der Waals surface area (Å²) in [7, 11) is 4.19. The minimum absolute atomic E-state index is 0.196. The van der Waals surface area contributed by atoms with Gasteiger partial charge in [0.05, 0.1) is 0 Å². The standard InChI is InChI=1S/C15H26FN3/c1-5-19(13(2)12-18(3)4)10-9-17-15-8-6-7-14(16)11-15/h6-8,11,13,17H,5,9-10,12H2,1-4H3. The maximum absolute atomic E-state index is 13.0. The lowest BCUT2D eigenvalue weighted by Gasteiger charge is -2.30. The first kappa shape index (κ1) is 15.9. The molecule has 0 bridgehead atoms. The summed E-state index contributed by atoms with van der Waals surface area (Å²) in [6.07, 6.45) is 0. The number of hydrogen-bond donors (Lipinski definition) is 1. The number of rotatable bonds is 8. The van der Waals surface area contributed by atoms with E-state index in [4.69, 9.17) is 0 Å². The normalized spacial score (nSPS) is 13.0. The average Bonchev–Trinajstić information content (AvgIpc) is 2.33. The molecule has 0 heterocycles. The van der Waals surface area contributed by atoms with Crippen molar-refractivity contribution in [3.05, 3.63) is 30.1 Å². The molecular weight excluding hydrogens is 241 g/mol. The van der Waals surface area contributed by atoms with Crippen molar-refractivity contribution in [3.63, 3.8) is 0 Å². The summed E-state index contributed by atoms with van der Waals surface area (Å²) in [4.78, 5) is 4.62. The SMILES string of the molecule is CCN(CCNc1cccc(F)c1)C(C)CN(C)C. The van der Waals surface area contributed by atoms with Crippen LogP contribution in [0.15, 0.2) is 24.3 Å². The summed E-state index contributed by atoms with van der Waals surface area (Å²) in [5.41, 5.74) is 0.844. The van der Waals surface area contributed by atoms with Crippen molar-refractivity contribution >= 4 is 5.69 Å². The molecule has 4 heteroatoms. The van der Waals surface area contributed by atoms with Gasteiger partial charge in [0.1, 0.15) is 5.82 Å². The fraction of sp³-hybridized carbons (Fsp3) is 0.600. The Morgan fingerprint density at radius 1 is 1.32 bits per heavy atom. The first-order chi connectivity index (χ1) is 9.02. The third kappa shape index (κ3) is 6.03. The molecule has 0 radical (unpaired) electrons. The van der Waals surface area contributed by atoms with Gasteiger partial charge in [0.25, 0.3) is 0 Å². The summed E-state index contributed by atoms with van der Waals surface area (Å²) in [6.45, 7) is 8.28. The van der Waals surface area contributed by atoms with E-state index in [0.717, 1.165) is 31.9 Å². The van der Waals surface area contributed by atoms with Crippen LogP contribution < -0.4 is 5.32 Å². The van der Waals surface area contributed by atoms with Gasteiger partial charge >= 0.3 is 0 Å². The molecule has 1 atom stereocenters. The first-order valence-corrected chi connectivity index (χ1v) is 6.91. The molecule has 3 nitrogen and oxygen atoms in total. The second kappa shape index (κ2) is 8.12. The number of nitrogens with one attached hydrogen (secondary N) is 1. The third-order valence-electron chi connectivity index (χ3n) is 3.21. The Balaban J connectivity index is 2.37. The molecule has 19 heavy (non-hydrogen) atoms. The van der Waals surface area contributed by atoms with E-state index in [9.17, 15) is 4.39 Å². The van der Waals surface area contributed by atoms with Gasteiger partial charge in [-0.3, -0.25) is 4.90 Å². The summed E-state index contributed by atoms with van der Waals surface area (Å²) in [6, 6.07) is 7.13. The highest BCUT2D eigenvalue weighted by molar-refractivity contribution is 5.42. The second-order valence-electron chi connectivity index (χ2n) is 5.18. The van der Waals surface area contributed by atoms with Crippen LogP contribution in [-0.4, -0.2) is 56.1 Å². The number of benzene rings is 1. The minimum Gasteiger partial charge on any atom is -0.384 e. The molecule has 1 aromatic rings. The van der Waals surface area contributed by atoms with Crippen LogP contribution in [0.3, 0.4) is 0 Å². The largest absolute Gasteiger partial charge is 0.384 e. The molecule has 0 aromatic heterocycles.